The SMILES string of the molecule is COC(=O)COc1c(Cl)cc(/C=N\N2C(=O)[C@@H]3[C@@H](C2=O)[C@H]2C=C[C@H]3CC2)cc1OC. The Bertz CT molecular complexity index is 927. The summed E-state index contributed by atoms with van der Waals surface area (Å²) in [5.74, 6) is -1.01. The molecule has 4 aliphatic rings. The van der Waals surface area contributed by atoms with Crippen molar-refractivity contribution < 1.29 is 28.6 Å². The first-order chi connectivity index (χ1) is 14.4. The molecule has 5 rings (SSSR count). The highest BCUT2D eigenvalue weighted by Crippen LogP contribution is 2.49. The molecule has 1 aromatic rings. The van der Waals surface area contributed by atoms with Crippen LogP contribution >= 0.6 is 11.6 Å². The molecule has 1 aromatic carbocycles. The Morgan fingerprint density at radius 3 is 2.33 bits per heavy atom. The average molecular weight is 433 g/mol. The van der Waals surface area contributed by atoms with Gasteiger partial charge in [-0.1, -0.05) is 23.8 Å². The summed E-state index contributed by atoms with van der Waals surface area (Å²) in [6.07, 6.45) is 7.37. The average Bonchev–Trinajstić information content (AvgIpc) is 3.03. The van der Waals surface area contributed by atoms with Crippen LogP contribution in [0.5, 0.6) is 11.5 Å². The second-order valence-corrected chi connectivity index (χ2v) is 7.88. The number of benzene rings is 1. The van der Waals surface area contributed by atoms with Crippen LogP contribution in [0.25, 0.3) is 0 Å². The molecule has 0 radical (unpaired) electrons. The van der Waals surface area contributed by atoms with Crippen LogP contribution in [0.15, 0.2) is 29.4 Å². The number of methoxy groups -OCH3 is 2. The van der Waals surface area contributed by atoms with E-state index in [1.165, 1.54) is 20.4 Å². The maximum Gasteiger partial charge on any atom is 0.343 e. The zero-order valence-electron chi connectivity index (χ0n) is 16.5. The number of rotatable bonds is 6. The van der Waals surface area contributed by atoms with Crippen LogP contribution in [0.3, 0.4) is 0 Å². The van der Waals surface area contributed by atoms with E-state index in [9.17, 15) is 14.4 Å². The van der Waals surface area contributed by atoms with Gasteiger partial charge in [-0.25, -0.2) is 4.79 Å². The molecule has 1 saturated heterocycles. The summed E-state index contributed by atoms with van der Waals surface area (Å²) >= 11 is 6.26. The van der Waals surface area contributed by atoms with Crippen molar-refractivity contribution in [1.29, 1.82) is 0 Å². The van der Waals surface area contributed by atoms with E-state index in [1.54, 1.807) is 12.1 Å². The number of hydrogen-bond donors (Lipinski definition) is 0. The summed E-state index contributed by atoms with van der Waals surface area (Å²) in [6.45, 7) is -0.323. The van der Waals surface area contributed by atoms with E-state index < -0.39 is 5.97 Å². The van der Waals surface area contributed by atoms with Gasteiger partial charge in [-0.05, 0) is 42.4 Å². The maximum atomic E-state index is 12.8. The summed E-state index contributed by atoms with van der Waals surface area (Å²) in [4.78, 5) is 37.0. The predicted molar refractivity (Wildman–Crippen MR) is 107 cm³/mol. The van der Waals surface area contributed by atoms with Crippen molar-refractivity contribution in [2.75, 3.05) is 20.8 Å². The van der Waals surface area contributed by atoms with E-state index in [1.807, 2.05) is 0 Å². The van der Waals surface area contributed by atoms with Gasteiger partial charge >= 0.3 is 5.97 Å². The van der Waals surface area contributed by atoms with Crippen LogP contribution in [0, 0.1) is 23.7 Å². The molecule has 0 unspecified atom stereocenters. The third kappa shape index (κ3) is 3.45. The number of ether oxygens (including phenoxy) is 3. The molecule has 1 heterocycles. The monoisotopic (exact) mass is 432 g/mol. The van der Waals surface area contributed by atoms with Gasteiger partial charge in [0.05, 0.1) is 37.3 Å². The van der Waals surface area contributed by atoms with Crippen molar-refractivity contribution in [1.82, 2.24) is 5.01 Å². The number of fused-ring (bicyclic) bond motifs is 1. The Hall–Kier alpha value is -2.87. The fourth-order valence-corrected chi connectivity index (χ4v) is 4.71. The summed E-state index contributed by atoms with van der Waals surface area (Å²) < 4.78 is 15.2. The third-order valence-corrected chi connectivity index (χ3v) is 6.15. The highest BCUT2D eigenvalue weighted by atomic mass is 35.5. The summed E-state index contributed by atoms with van der Waals surface area (Å²) in [6, 6.07) is 3.13. The molecule has 158 valence electrons. The predicted octanol–water partition coefficient (Wildman–Crippen LogP) is 2.43. The lowest BCUT2D eigenvalue weighted by molar-refractivity contribution is -0.143. The van der Waals surface area contributed by atoms with E-state index in [0.717, 1.165) is 17.9 Å². The molecule has 0 N–H and O–H groups in total. The number of carbonyl (C=O) groups excluding carboxylic acids is 3. The molecule has 1 aliphatic heterocycles. The Balaban J connectivity index is 1.54. The number of allylic oxidation sites excluding steroid dienone is 2. The summed E-state index contributed by atoms with van der Waals surface area (Å²) in [5.41, 5.74) is 0.513. The largest absolute Gasteiger partial charge is 0.493 e. The molecule has 0 spiro atoms. The number of hydrogen-bond acceptors (Lipinski definition) is 7. The van der Waals surface area contributed by atoms with E-state index in [-0.39, 0.29) is 58.6 Å². The first-order valence-corrected chi connectivity index (χ1v) is 9.99. The van der Waals surface area contributed by atoms with Crippen molar-refractivity contribution in [3.05, 3.63) is 34.9 Å². The topological polar surface area (TPSA) is 94.5 Å². The van der Waals surface area contributed by atoms with Gasteiger partial charge in [0.15, 0.2) is 18.1 Å². The zero-order valence-corrected chi connectivity index (χ0v) is 17.3. The van der Waals surface area contributed by atoms with Crippen molar-refractivity contribution in [2.24, 2.45) is 28.8 Å². The van der Waals surface area contributed by atoms with Gasteiger partial charge in [0.2, 0.25) is 0 Å². The summed E-state index contributed by atoms with van der Waals surface area (Å²) in [7, 11) is 2.68. The molecule has 2 fully saturated rings. The van der Waals surface area contributed by atoms with Gasteiger partial charge in [0.1, 0.15) is 0 Å². The Kier molecular flexibility index (Phi) is 5.51. The number of esters is 1. The second kappa shape index (κ2) is 8.10. The number of carbonyl (C=O) groups is 3. The Morgan fingerprint density at radius 1 is 1.17 bits per heavy atom. The fraction of sp³-hybridized carbons (Fsp3) is 0.429. The molecule has 1 saturated carbocycles. The fourth-order valence-electron chi connectivity index (χ4n) is 4.44. The quantitative estimate of drug-likeness (QED) is 0.296. The smallest absolute Gasteiger partial charge is 0.343 e. The normalized spacial score (nSPS) is 27.0. The minimum absolute atomic E-state index is 0.109. The lowest BCUT2D eigenvalue weighted by Crippen LogP contribution is -2.38. The van der Waals surface area contributed by atoms with Crippen molar-refractivity contribution >= 4 is 35.6 Å². The lowest BCUT2D eigenvalue weighted by atomic mass is 9.63. The number of nitrogens with zero attached hydrogens (tertiary/aromatic N) is 2. The first-order valence-electron chi connectivity index (χ1n) is 9.62. The van der Waals surface area contributed by atoms with Crippen LogP contribution in [-0.2, 0) is 19.1 Å². The third-order valence-electron chi connectivity index (χ3n) is 5.87. The molecule has 2 amide bonds. The number of halogens is 1. The summed E-state index contributed by atoms with van der Waals surface area (Å²) in [5, 5.41) is 5.33. The van der Waals surface area contributed by atoms with Crippen molar-refractivity contribution in [2.45, 2.75) is 12.8 Å². The second-order valence-electron chi connectivity index (χ2n) is 7.47. The molecule has 8 nitrogen and oxygen atoms in total. The van der Waals surface area contributed by atoms with E-state index in [4.69, 9.17) is 21.1 Å². The van der Waals surface area contributed by atoms with Crippen molar-refractivity contribution in [3.63, 3.8) is 0 Å². The van der Waals surface area contributed by atoms with Crippen LogP contribution in [0.2, 0.25) is 5.02 Å². The van der Waals surface area contributed by atoms with Crippen LogP contribution < -0.4 is 9.47 Å². The minimum Gasteiger partial charge on any atom is -0.493 e. The first kappa shape index (κ1) is 20.4. The zero-order chi connectivity index (χ0) is 21.4. The number of hydrazone groups is 1. The molecule has 3 aliphatic carbocycles. The maximum absolute atomic E-state index is 12.8. The van der Waals surface area contributed by atoms with Gasteiger partial charge in [-0.2, -0.15) is 10.1 Å². The van der Waals surface area contributed by atoms with Crippen LogP contribution in [-0.4, -0.2) is 49.8 Å². The van der Waals surface area contributed by atoms with Gasteiger partial charge in [0.25, 0.3) is 11.8 Å². The van der Waals surface area contributed by atoms with Crippen LogP contribution in [0.1, 0.15) is 18.4 Å². The Morgan fingerprint density at radius 2 is 1.80 bits per heavy atom. The van der Waals surface area contributed by atoms with E-state index in [2.05, 4.69) is 22.0 Å². The highest BCUT2D eigenvalue weighted by Gasteiger charge is 2.56. The Labute approximate surface area is 178 Å². The van der Waals surface area contributed by atoms with Gasteiger partial charge in [-0.15, -0.1) is 0 Å². The minimum atomic E-state index is -0.560. The number of imide groups is 1. The molecule has 9 heteroatoms. The standard InChI is InChI=1S/C21H21ClN2O6/c1-28-15-8-11(7-14(22)19(15)30-10-16(25)29-2)9-23-24-20(26)17-12-3-4-13(6-5-12)18(17)21(24)27/h3-4,7-9,12-13,17-18H,5-6,10H2,1-2H3/b23-9-/t12-,13-,17-,18-/m0/s1. The van der Waals surface area contributed by atoms with Crippen molar-refractivity contribution in [3.8, 4) is 11.5 Å². The molecular formula is C21H21ClN2O6. The highest BCUT2D eigenvalue weighted by molar-refractivity contribution is 6.32. The molecular weight excluding hydrogens is 412 g/mol. The van der Waals surface area contributed by atoms with Crippen LogP contribution in [0.4, 0.5) is 0 Å². The lowest BCUT2D eigenvalue weighted by Gasteiger charge is -2.37. The van der Waals surface area contributed by atoms with Gasteiger partial charge in [-0.3, -0.25) is 9.59 Å². The molecule has 0 aromatic heterocycles. The van der Waals surface area contributed by atoms with E-state index in [0.29, 0.717) is 5.56 Å². The molecule has 30 heavy (non-hydrogen) atoms. The van der Waals surface area contributed by atoms with E-state index >= 15 is 0 Å². The number of amides is 2. The van der Waals surface area contributed by atoms with Gasteiger partial charge in [0, 0.05) is 0 Å². The molecule has 4 atom stereocenters. The molecule has 2 bridgehead atoms. The van der Waals surface area contributed by atoms with Gasteiger partial charge < -0.3 is 14.2 Å².